The quantitative estimate of drug-likeness (QED) is 0.781. The second-order valence-corrected chi connectivity index (χ2v) is 4.96. The number of carbonyl (C=O) groups is 2. The molecule has 0 unspecified atom stereocenters. The molecule has 5 heteroatoms. The van der Waals surface area contributed by atoms with Crippen LogP contribution in [0.15, 0.2) is 41.5 Å². The summed E-state index contributed by atoms with van der Waals surface area (Å²) >= 11 is 0. The summed E-state index contributed by atoms with van der Waals surface area (Å²) in [5.74, 6) is -1.29. The van der Waals surface area contributed by atoms with E-state index in [9.17, 15) is 14.0 Å². The number of nitriles is 1. The Kier molecular flexibility index (Phi) is 3.15. The van der Waals surface area contributed by atoms with Gasteiger partial charge in [-0.3, -0.25) is 14.5 Å². The summed E-state index contributed by atoms with van der Waals surface area (Å²) in [7, 11) is 0. The van der Waals surface area contributed by atoms with Crippen molar-refractivity contribution in [2.45, 2.75) is 19.4 Å². The van der Waals surface area contributed by atoms with Crippen LogP contribution in [-0.4, -0.2) is 16.7 Å². The molecule has 1 aromatic carbocycles. The number of halogens is 1. The average Bonchev–Trinajstić information content (AvgIpc) is 2.73. The van der Waals surface area contributed by atoms with E-state index in [1.54, 1.807) is 18.2 Å². The molecule has 0 fully saturated rings. The molecule has 0 saturated heterocycles. The minimum Gasteiger partial charge on any atom is -0.270 e. The number of rotatable bonds is 2. The highest BCUT2D eigenvalue weighted by Gasteiger charge is 2.37. The first-order valence-corrected chi connectivity index (χ1v) is 6.56. The lowest BCUT2D eigenvalue weighted by atomic mass is 10.00. The first-order valence-electron chi connectivity index (χ1n) is 6.56. The van der Waals surface area contributed by atoms with E-state index < -0.39 is 5.82 Å². The zero-order chi connectivity index (χ0) is 15.0. The van der Waals surface area contributed by atoms with Gasteiger partial charge >= 0.3 is 0 Å². The van der Waals surface area contributed by atoms with Crippen LogP contribution in [0.25, 0.3) is 0 Å². The maximum atomic E-state index is 13.6. The number of amides is 2. The van der Waals surface area contributed by atoms with Gasteiger partial charge in [-0.1, -0.05) is 18.2 Å². The van der Waals surface area contributed by atoms with E-state index in [0.717, 1.165) is 11.3 Å². The number of hydrogen-bond donors (Lipinski definition) is 0. The Balaban J connectivity index is 1.86. The van der Waals surface area contributed by atoms with Crippen molar-refractivity contribution in [1.82, 2.24) is 4.90 Å². The lowest BCUT2D eigenvalue weighted by Gasteiger charge is -2.15. The molecule has 2 amide bonds. The van der Waals surface area contributed by atoms with E-state index in [-0.39, 0.29) is 23.9 Å². The van der Waals surface area contributed by atoms with E-state index >= 15 is 0 Å². The van der Waals surface area contributed by atoms with E-state index in [4.69, 9.17) is 5.26 Å². The number of allylic oxidation sites excluding steroid dienone is 1. The lowest BCUT2D eigenvalue weighted by Crippen LogP contribution is -2.31. The Labute approximate surface area is 120 Å². The number of nitrogens with zero attached hydrogens (tertiary/aromatic N) is 2. The third-order valence-corrected chi connectivity index (χ3v) is 3.64. The SMILES string of the molecule is N#Cc1ccc(CN2C(=O)C3=C(CCC=C3)C2=O)cc1F. The number of hydrogen-bond acceptors (Lipinski definition) is 3. The zero-order valence-electron chi connectivity index (χ0n) is 11.1. The fraction of sp³-hybridized carbons (Fsp3) is 0.188. The van der Waals surface area contributed by atoms with Crippen molar-refractivity contribution in [2.24, 2.45) is 0 Å². The van der Waals surface area contributed by atoms with E-state index in [1.807, 2.05) is 6.08 Å². The summed E-state index contributed by atoms with van der Waals surface area (Å²) in [4.78, 5) is 25.6. The van der Waals surface area contributed by atoms with Crippen LogP contribution >= 0.6 is 0 Å². The van der Waals surface area contributed by atoms with Crippen molar-refractivity contribution in [3.63, 3.8) is 0 Å². The molecule has 0 aromatic heterocycles. The van der Waals surface area contributed by atoms with Gasteiger partial charge in [-0.05, 0) is 30.5 Å². The number of carbonyl (C=O) groups excluding carboxylic acids is 2. The number of imide groups is 1. The van der Waals surface area contributed by atoms with Gasteiger partial charge in [-0.15, -0.1) is 0 Å². The summed E-state index contributed by atoms with van der Waals surface area (Å²) in [6.07, 6.45) is 4.86. The Morgan fingerprint density at radius 2 is 2.10 bits per heavy atom. The predicted molar refractivity (Wildman–Crippen MR) is 72.1 cm³/mol. The van der Waals surface area contributed by atoms with Gasteiger partial charge in [0.2, 0.25) is 0 Å². The topological polar surface area (TPSA) is 61.2 Å². The molecule has 0 radical (unpaired) electrons. The van der Waals surface area contributed by atoms with E-state index in [1.165, 1.54) is 12.1 Å². The smallest absolute Gasteiger partial charge is 0.261 e. The van der Waals surface area contributed by atoms with Gasteiger partial charge in [-0.2, -0.15) is 5.26 Å². The van der Waals surface area contributed by atoms with Crippen LogP contribution in [-0.2, 0) is 16.1 Å². The summed E-state index contributed by atoms with van der Waals surface area (Å²) in [6.45, 7) is 0.0150. The molecule has 1 aliphatic carbocycles. The van der Waals surface area contributed by atoms with Crippen LogP contribution in [0.4, 0.5) is 4.39 Å². The van der Waals surface area contributed by atoms with Gasteiger partial charge in [0.1, 0.15) is 11.9 Å². The molecule has 3 rings (SSSR count). The Hall–Kier alpha value is -2.74. The fourth-order valence-electron chi connectivity index (χ4n) is 2.56. The Morgan fingerprint density at radius 3 is 2.76 bits per heavy atom. The molecule has 0 N–H and O–H groups in total. The van der Waals surface area contributed by atoms with Gasteiger partial charge in [0, 0.05) is 11.1 Å². The number of benzene rings is 1. The van der Waals surface area contributed by atoms with Crippen LogP contribution in [0.1, 0.15) is 24.0 Å². The Morgan fingerprint density at radius 1 is 1.29 bits per heavy atom. The van der Waals surface area contributed by atoms with Crippen molar-refractivity contribution in [3.05, 3.63) is 58.4 Å². The second-order valence-electron chi connectivity index (χ2n) is 4.96. The summed E-state index contributed by atoms with van der Waals surface area (Å²) in [5, 5.41) is 8.69. The largest absolute Gasteiger partial charge is 0.270 e. The highest BCUT2D eigenvalue weighted by Crippen LogP contribution is 2.30. The van der Waals surface area contributed by atoms with Crippen LogP contribution in [0.3, 0.4) is 0 Å². The molecule has 104 valence electrons. The molecular weight excluding hydrogens is 271 g/mol. The summed E-state index contributed by atoms with van der Waals surface area (Å²) in [6, 6.07) is 5.82. The molecule has 0 atom stereocenters. The van der Waals surface area contributed by atoms with Gasteiger partial charge in [-0.25, -0.2) is 4.39 Å². The van der Waals surface area contributed by atoms with Gasteiger partial charge < -0.3 is 0 Å². The van der Waals surface area contributed by atoms with Crippen LogP contribution < -0.4 is 0 Å². The van der Waals surface area contributed by atoms with Crippen LogP contribution in [0.5, 0.6) is 0 Å². The highest BCUT2D eigenvalue weighted by atomic mass is 19.1. The average molecular weight is 282 g/mol. The minimum absolute atomic E-state index is 0.0150. The molecule has 0 bridgehead atoms. The lowest BCUT2D eigenvalue weighted by molar-refractivity contribution is -0.138. The first kappa shape index (κ1) is 13.3. The van der Waals surface area contributed by atoms with Crippen molar-refractivity contribution in [1.29, 1.82) is 5.26 Å². The van der Waals surface area contributed by atoms with Crippen LogP contribution in [0.2, 0.25) is 0 Å². The predicted octanol–water partition coefficient (Wildman–Crippen LogP) is 2.21. The van der Waals surface area contributed by atoms with Crippen molar-refractivity contribution >= 4 is 11.8 Å². The van der Waals surface area contributed by atoms with Crippen molar-refractivity contribution < 1.29 is 14.0 Å². The third kappa shape index (κ3) is 2.15. The Bertz CT molecular complexity index is 756. The van der Waals surface area contributed by atoms with E-state index in [2.05, 4.69) is 0 Å². The second kappa shape index (κ2) is 4.98. The molecule has 2 aliphatic rings. The third-order valence-electron chi connectivity index (χ3n) is 3.64. The molecule has 1 heterocycles. The molecule has 21 heavy (non-hydrogen) atoms. The first-order chi connectivity index (χ1) is 10.1. The molecule has 1 aromatic rings. The van der Waals surface area contributed by atoms with Crippen LogP contribution in [0, 0.1) is 17.1 Å². The van der Waals surface area contributed by atoms with Crippen molar-refractivity contribution in [2.75, 3.05) is 0 Å². The zero-order valence-corrected chi connectivity index (χ0v) is 11.1. The standard InChI is InChI=1S/C16H11FN2O2/c17-14-7-10(5-6-11(14)8-18)9-19-15(20)12-3-1-2-4-13(12)16(19)21/h1,3,5-7H,2,4,9H2. The fourth-order valence-corrected chi connectivity index (χ4v) is 2.56. The maximum absolute atomic E-state index is 13.6. The molecule has 4 nitrogen and oxygen atoms in total. The minimum atomic E-state index is -0.647. The van der Waals surface area contributed by atoms with Gasteiger partial charge in [0.15, 0.2) is 0 Å². The summed E-state index contributed by atoms with van der Waals surface area (Å²) < 4.78 is 13.6. The highest BCUT2D eigenvalue weighted by molar-refractivity contribution is 6.20. The monoisotopic (exact) mass is 282 g/mol. The summed E-state index contributed by atoms with van der Waals surface area (Å²) in [5.41, 5.74) is 1.41. The van der Waals surface area contributed by atoms with Gasteiger partial charge in [0.05, 0.1) is 12.1 Å². The van der Waals surface area contributed by atoms with E-state index in [0.29, 0.717) is 23.1 Å². The molecular formula is C16H11FN2O2. The van der Waals surface area contributed by atoms with Crippen molar-refractivity contribution in [3.8, 4) is 6.07 Å². The molecule has 0 saturated carbocycles. The normalized spacial score (nSPS) is 17.2. The maximum Gasteiger partial charge on any atom is 0.261 e. The molecule has 1 aliphatic heterocycles. The molecule has 0 spiro atoms. The van der Waals surface area contributed by atoms with Gasteiger partial charge in [0.25, 0.3) is 11.8 Å².